The lowest BCUT2D eigenvalue weighted by Crippen LogP contribution is -2.56. The first-order valence-electron chi connectivity index (χ1n) is 8.92. The molecule has 1 fully saturated rings. The van der Waals surface area contributed by atoms with Crippen LogP contribution in [0.15, 0.2) is 24.3 Å². The average Bonchev–Trinajstić information content (AvgIpc) is 2.48. The van der Waals surface area contributed by atoms with Gasteiger partial charge in [-0.15, -0.1) is 12.4 Å². The summed E-state index contributed by atoms with van der Waals surface area (Å²) in [5.41, 5.74) is 8.48. The summed E-state index contributed by atoms with van der Waals surface area (Å²) in [4.78, 5) is 14.8. The topological polar surface area (TPSA) is 58.4 Å². The molecule has 1 aromatic carbocycles. The third-order valence-electron chi connectivity index (χ3n) is 5.29. The quantitative estimate of drug-likeness (QED) is 0.854. The summed E-state index contributed by atoms with van der Waals surface area (Å²) in [5, 5.41) is 3.04. The number of likely N-dealkylation sites (tertiary alicyclic amines) is 1. The monoisotopic (exact) mass is 367 g/mol. The highest BCUT2D eigenvalue weighted by molar-refractivity contribution is 5.94. The van der Waals surface area contributed by atoms with E-state index >= 15 is 0 Å². The van der Waals surface area contributed by atoms with Crippen molar-refractivity contribution in [2.45, 2.75) is 65.5 Å². The van der Waals surface area contributed by atoms with Crippen LogP contribution in [0.5, 0.6) is 0 Å². The predicted octanol–water partition coefficient (Wildman–Crippen LogP) is 3.79. The van der Waals surface area contributed by atoms with Crippen LogP contribution in [-0.2, 0) is 10.2 Å². The second-order valence-electron chi connectivity index (χ2n) is 8.85. The van der Waals surface area contributed by atoms with Crippen molar-refractivity contribution in [3.63, 3.8) is 0 Å². The molecule has 1 aromatic rings. The van der Waals surface area contributed by atoms with Crippen molar-refractivity contribution < 1.29 is 4.79 Å². The molecule has 0 spiro atoms. The molecule has 0 radical (unpaired) electrons. The maximum absolute atomic E-state index is 12.6. The number of carbonyl (C=O) groups excluding carboxylic acids is 1. The normalized spacial score (nSPS) is 22.0. The molecule has 4 nitrogen and oxygen atoms in total. The highest BCUT2D eigenvalue weighted by atomic mass is 35.5. The van der Waals surface area contributed by atoms with Crippen molar-refractivity contribution in [3.05, 3.63) is 29.8 Å². The van der Waals surface area contributed by atoms with Gasteiger partial charge in [-0.2, -0.15) is 0 Å². The largest absolute Gasteiger partial charge is 0.327 e. The molecule has 142 valence electrons. The summed E-state index contributed by atoms with van der Waals surface area (Å²) >= 11 is 0. The number of nitrogens with two attached hydrogens (primary N) is 1. The maximum atomic E-state index is 12.6. The fourth-order valence-electron chi connectivity index (χ4n) is 3.21. The number of hydrogen-bond acceptors (Lipinski definition) is 3. The third-order valence-corrected chi connectivity index (χ3v) is 5.29. The van der Waals surface area contributed by atoms with Crippen LogP contribution in [0.2, 0.25) is 0 Å². The van der Waals surface area contributed by atoms with Gasteiger partial charge in [0, 0.05) is 24.8 Å². The Hall–Kier alpha value is -1.10. The Bertz CT molecular complexity index is 578. The Morgan fingerprint density at radius 3 is 2.32 bits per heavy atom. The van der Waals surface area contributed by atoms with Crippen LogP contribution in [0.4, 0.5) is 5.69 Å². The van der Waals surface area contributed by atoms with Gasteiger partial charge in [0.2, 0.25) is 5.91 Å². The number of anilines is 1. The van der Waals surface area contributed by atoms with Gasteiger partial charge in [-0.25, -0.2) is 0 Å². The SMILES string of the molecule is CC(C(=O)Nc1ccc(C(C)(C)C)cc1)N1CCC(N)C(C)(C)C1.Cl. The molecule has 0 aromatic heterocycles. The second-order valence-corrected chi connectivity index (χ2v) is 8.85. The van der Waals surface area contributed by atoms with Crippen molar-refractivity contribution in [1.82, 2.24) is 4.90 Å². The van der Waals surface area contributed by atoms with Gasteiger partial charge >= 0.3 is 0 Å². The number of hydrogen-bond donors (Lipinski definition) is 2. The Labute approximate surface area is 158 Å². The zero-order valence-electron chi connectivity index (χ0n) is 16.4. The molecule has 2 atom stereocenters. The molecule has 2 rings (SSSR count). The number of piperidine rings is 1. The van der Waals surface area contributed by atoms with Gasteiger partial charge < -0.3 is 11.1 Å². The van der Waals surface area contributed by atoms with E-state index in [4.69, 9.17) is 5.73 Å². The van der Waals surface area contributed by atoms with Crippen molar-refractivity contribution in [3.8, 4) is 0 Å². The molecule has 25 heavy (non-hydrogen) atoms. The molecule has 2 unspecified atom stereocenters. The Morgan fingerprint density at radius 2 is 1.84 bits per heavy atom. The summed E-state index contributed by atoms with van der Waals surface area (Å²) in [6.07, 6.45) is 0.935. The minimum Gasteiger partial charge on any atom is -0.327 e. The van der Waals surface area contributed by atoms with E-state index in [1.807, 2.05) is 19.1 Å². The summed E-state index contributed by atoms with van der Waals surface area (Å²) in [6, 6.07) is 8.20. The second kappa shape index (κ2) is 8.07. The van der Waals surface area contributed by atoms with E-state index in [0.717, 1.165) is 25.2 Å². The Morgan fingerprint density at radius 1 is 1.28 bits per heavy atom. The molecule has 1 aliphatic rings. The molecular formula is C20H34ClN3O. The van der Waals surface area contributed by atoms with E-state index in [1.165, 1.54) is 5.56 Å². The van der Waals surface area contributed by atoms with E-state index in [9.17, 15) is 4.79 Å². The zero-order chi connectivity index (χ0) is 18.1. The van der Waals surface area contributed by atoms with Crippen molar-refractivity contribution in [2.24, 2.45) is 11.1 Å². The van der Waals surface area contributed by atoms with E-state index in [-0.39, 0.29) is 41.2 Å². The smallest absolute Gasteiger partial charge is 0.241 e. The fourth-order valence-corrected chi connectivity index (χ4v) is 3.21. The van der Waals surface area contributed by atoms with Crippen molar-refractivity contribution >= 4 is 24.0 Å². The number of carbonyl (C=O) groups is 1. The minimum absolute atomic E-state index is 0. The summed E-state index contributed by atoms with van der Waals surface area (Å²) in [5.74, 6) is 0.0461. The van der Waals surface area contributed by atoms with Gasteiger partial charge in [0.15, 0.2) is 0 Å². The predicted molar refractivity (Wildman–Crippen MR) is 108 cm³/mol. The number of nitrogens with zero attached hydrogens (tertiary/aromatic N) is 1. The maximum Gasteiger partial charge on any atom is 0.241 e. The molecule has 1 amide bonds. The van der Waals surface area contributed by atoms with Crippen LogP contribution >= 0.6 is 12.4 Å². The highest BCUT2D eigenvalue weighted by Crippen LogP contribution is 2.29. The van der Waals surface area contributed by atoms with Crippen LogP contribution in [0.3, 0.4) is 0 Å². The minimum atomic E-state index is -0.154. The van der Waals surface area contributed by atoms with E-state index in [2.05, 4.69) is 57.0 Å². The first-order valence-corrected chi connectivity index (χ1v) is 8.92. The molecule has 3 N–H and O–H groups in total. The van der Waals surface area contributed by atoms with Gasteiger partial charge in [-0.05, 0) is 41.9 Å². The van der Waals surface area contributed by atoms with E-state index in [1.54, 1.807) is 0 Å². The number of benzene rings is 1. The first kappa shape index (κ1) is 21.9. The van der Waals surface area contributed by atoms with Crippen LogP contribution in [0.25, 0.3) is 0 Å². The number of rotatable bonds is 3. The number of nitrogens with one attached hydrogen (secondary N) is 1. The van der Waals surface area contributed by atoms with Crippen molar-refractivity contribution in [1.29, 1.82) is 0 Å². The molecule has 0 aliphatic carbocycles. The van der Waals surface area contributed by atoms with Crippen LogP contribution in [0, 0.1) is 5.41 Å². The molecule has 1 saturated heterocycles. The average molecular weight is 368 g/mol. The first-order chi connectivity index (χ1) is 11.0. The number of amides is 1. The van der Waals surface area contributed by atoms with Gasteiger partial charge in [0.05, 0.1) is 6.04 Å². The zero-order valence-corrected chi connectivity index (χ0v) is 17.2. The van der Waals surface area contributed by atoms with Gasteiger partial charge in [-0.3, -0.25) is 9.69 Å². The van der Waals surface area contributed by atoms with Crippen molar-refractivity contribution in [2.75, 3.05) is 18.4 Å². The van der Waals surface area contributed by atoms with Gasteiger partial charge in [-0.1, -0.05) is 46.8 Å². The highest BCUT2D eigenvalue weighted by Gasteiger charge is 2.36. The molecular weight excluding hydrogens is 334 g/mol. The van der Waals surface area contributed by atoms with Crippen LogP contribution in [0.1, 0.15) is 53.5 Å². The van der Waals surface area contributed by atoms with Crippen LogP contribution in [-0.4, -0.2) is 36.0 Å². The number of halogens is 1. The standard InChI is InChI=1S/C20H33N3O.ClH/c1-14(23-12-11-17(21)20(5,6)13-23)18(24)22-16-9-7-15(8-10-16)19(2,3)4;/h7-10,14,17H,11-13,21H2,1-6H3,(H,22,24);1H. The summed E-state index contributed by atoms with van der Waals surface area (Å²) in [7, 11) is 0. The van der Waals surface area contributed by atoms with E-state index < -0.39 is 0 Å². The lowest BCUT2D eigenvalue weighted by atomic mass is 9.79. The Kier molecular flexibility index (Phi) is 7.08. The lowest BCUT2D eigenvalue weighted by Gasteiger charge is -2.44. The summed E-state index contributed by atoms with van der Waals surface area (Å²) < 4.78 is 0. The molecule has 0 bridgehead atoms. The molecule has 0 saturated carbocycles. The van der Waals surface area contributed by atoms with Gasteiger partial charge in [0.25, 0.3) is 0 Å². The lowest BCUT2D eigenvalue weighted by molar-refractivity contribution is -0.122. The fraction of sp³-hybridized carbons (Fsp3) is 0.650. The third kappa shape index (κ3) is 5.44. The van der Waals surface area contributed by atoms with Crippen LogP contribution < -0.4 is 11.1 Å². The molecule has 5 heteroatoms. The summed E-state index contributed by atoms with van der Waals surface area (Å²) in [6.45, 7) is 14.6. The van der Waals surface area contributed by atoms with Gasteiger partial charge in [0.1, 0.15) is 0 Å². The molecule has 1 aliphatic heterocycles. The molecule has 1 heterocycles. The van der Waals surface area contributed by atoms with E-state index in [0.29, 0.717) is 0 Å². The Balaban J connectivity index is 0.00000312.